The summed E-state index contributed by atoms with van der Waals surface area (Å²) in [6, 6.07) is 9.39. The molecule has 2 unspecified atom stereocenters. The SMILES string of the molecule is COC(=O)/C=C/CCNC(=O)C(C)(O)C(C)c1ccccc1. The van der Waals surface area contributed by atoms with Gasteiger partial charge in [-0.15, -0.1) is 0 Å². The monoisotopic (exact) mass is 305 g/mol. The van der Waals surface area contributed by atoms with Crippen molar-refractivity contribution in [2.45, 2.75) is 31.8 Å². The minimum Gasteiger partial charge on any atom is -0.466 e. The lowest BCUT2D eigenvalue weighted by molar-refractivity contribution is -0.139. The average molecular weight is 305 g/mol. The second kappa shape index (κ2) is 8.34. The van der Waals surface area contributed by atoms with Crippen LogP contribution in [0.2, 0.25) is 0 Å². The number of carbonyl (C=O) groups is 2. The van der Waals surface area contributed by atoms with Crippen LogP contribution in [0, 0.1) is 0 Å². The van der Waals surface area contributed by atoms with Crippen LogP contribution in [0.4, 0.5) is 0 Å². The van der Waals surface area contributed by atoms with Crippen LogP contribution in [0.3, 0.4) is 0 Å². The van der Waals surface area contributed by atoms with Gasteiger partial charge in [-0.3, -0.25) is 4.79 Å². The first-order chi connectivity index (χ1) is 10.4. The highest BCUT2D eigenvalue weighted by atomic mass is 16.5. The first kappa shape index (κ1) is 17.9. The summed E-state index contributed by atoms with van der Waals surface area (Å²) >= 11 is 0. The van der Waals surface area contributed by atoms with Gasteiger partial charge in [0.15, 0.2) is 0 Å². The second-order valence-corrected chi connectivity index (χ2v) is 5.25. The number of benzene rings is 1. The van der Waals surface area contributed by atoms with Gasteiger partial charge in [-0.25, -0.2) is 4.79 Å². The van der Waals surface area contributed by atoms with E-state index in [0.717, 1.165) is 5.56 Å². The zero-order valence-corrected chi connectivity index (χ0v) is 13.2. The molecule has 0 saturated heterocycles. The summed E-state index contributed by atoms with van der Waals surface area (Å²) in [5.41, 5.74) is -0.610. The standard InChI is InChI=1S/C17H23NO4/c1-13(14-9-5-4-6-10-14)17(2,21)16(20)18-12-8-7-11-15(19)22-3/h4-7,9-11,13,21H,8,12H2,1-3H3,(H,18,20)/b11-7+. The van der Waals surface area contributed by atoms with E-state index in [1.54, 1.807) is 6.08 Å². The molecule has 22 heavy (non-hydrogen) atoms. The average Bonchev–Trinajstić information content (AvgIpc) is 2.53. The lowest BCUT2D eigenvalue weighted by Gasteiger charge is -2.29. The van der Waals surface area contributed by atoms with Crippen LogP contribution in [-0.4, -0.2) is 36.2 Å². The van der Waals surface area contributed by atoms with Crippen molar-refractivity contribution in [2.24, 2.45) is 0 Å². The molecule has 5 heteroatoms. The normalized spacial score (nSPS) is 15.1. The number of rotatable bonds is 7. The predicted octanol–water partition coefficient (Wildman–Crippen LogP) is 1.78. The maximum atomic E-state index is 12.2. The van der Waals surface area contributed by atoms with E-state index in [2.05, 4.69) is 10.1 Å². The molecular weight excluding hydrogens is 282 g/mol. The highest BCUT2D eigenvalue weighted by Gasteiger charge is 2.36. The van der Waals surface area contributed by atoms with Gasteiger partial charge in [0.25, 0.3) is 5.91 Å². The van der Waals surface area contributed by atoms with E-state index in [4.69, 9.17) is 0 Å². The van der Waals surface area contributed by atoms with Crippen molar-refractivity contribution >= 4 is 11.9 Å². The molecule has 2 N–H and O–H groups in total. The van der Waals surface area contributed by atoms with Gasteiger partial charge in [-0.05, 0) is 18.9 Å². The molecular formula is C17H23NO4. The van der Waals surface area contributed by atoms with Gasteiger partial charge in [-0.1, -0.05) is 43.3 Å². The van der Waals surface area contributed by atoms with Crippen molar-refractivity contribution in [3.8, 4) is 0 Å². The zero-order chi connectivity index (χ0) is 16.6. The highest BCUT2D eigenvalue weighted by Crippen LogP contribution is 2.27. The van der Waals surface area contributed by atoms with Crippen LogP contribution >= 0.6 is 0 Å². The smallest absolute Gasteiger partial charge is 0.330 e. The van der Waals surface area contributed by atoms with Gasteiger partial charge >= 0.3 is 5.97 Å². The minimum atomic E-state index is -1.51. The number of aliphatic hydroxyl groups is 1. The maximum absolute atomic E-state index is 12.2. The topological polar surface area (TPSA) is 75.6 Å². The molecule has 2 atom stereocenters. The van der Waals surface area contributed by atoms with Gasteiger partial charge in [0.2, 0.25) is 0 Å². The summed E-state index contributed by atoms with van der Waals surface area (Å²) in [5.74, 6) is -1.20. The van der Waals surface area contributed by atoms with Crippen LogP contribution < -0.4 is 5.32 Å². The Labute approximate surface area is 131 Å². The molecule has 120 valence electrons. The largest absolute Gasteiger partial charge is 0.466 e. The van der Waals surface area contributed by atoms with Crippen molar-refractivity contribution in [3.05, 3.63) is 48.0 Å². The third-order valence-electron chi connectivity index (χ3n) is 3.65. The molecule has 0 aliphatic heterocycles. The molecule has 0 fully saturated rings. The van der Waals surface area contributed by atoms with E-state index in [0.29, 0.717) is 13.0 Å². The fraction of sp³-hybridized carbons (Fsp3) is 0.412. The molecule has 1 aromatic rings. The molecule has 1 aromatic carbocycles. The van der Waals surface area contributed by atoms with Gasteiger partial charge < -0.3 is 15.2 Å². The Bertz CT molecular complexity index is 523. The number of carbonyl (C=O) groups excluding carboxylic acids is 2. The number of hydrogen-bond acceptors (Lipinski definition) is 4. The Hall–Kier alpha value is -2.14. The van der Waals surface area contributed by atoms with E-state index < -0.39 is 17.5 Å². The van der Waals surface area contributed by atoms with E-state index >= 15 is 0 Å². The number of esters is 1. The Kier molecular flexibility index (Phi) is 6.79. The van der Waals surface area contributed by atoms with E-state index in [9.17, 15) is 14.7 Å². The summed E-state index contributed by atoms with van der Waals surface area (Å²) in [6.07, 6.45) is 3.40. The lowest BCUT2D eigenvalue weighted by atomic mass is 9.84. The van der Waals surface area contributed by atoms with Gasteiger partial charge in [0.1, 0.15) is 5.60 Å². The molecule has 0 bridgehead atoms. The number of methoxy groups -OCH3 is 1. The minimum absolute atomic E-state index is 0.334. The van der Waals surface area contributed by atoms with Crippen molar-refractivity contribution in [1.82, 2.24) is 5.32 Å². The van der Waals surface area contributed by atoms with E-state index in [1.807, 2.05) is 37.3 Å². The van der Waals surface area contributed by atoms with E-state index in [-0.39, 0.29) is 5.92 Å². The Morgan fingerprint density at radius 2 is 2.00 bits per heavy atom. The first-order valence-corrected chi connectivity index (χ1v) is 7.19. The lowest BCUT2D eigenvalue weighted by Crippen LogP contribution is -2.48. The quantitative estimate of drug-likeness (QED) is 0.457. The first-order valence-electron chi connectivity index (χ1n) is 7.19. The summed E-state index contributed by atoms with van der Waals surface area (Å²) in [7, 11) is 1.30. The molecule has 0 saturated carbocycles. The van der Waals surface area contributed by atoms with Crippen LogP contribution in [0.1, 0.15) is 31.7 Å². The molecule has 1 rings (SSSR count). The fourth-order valence-electron chi connectivity index (χ4n) is 1.96. The van der Waals surface area contributed by atoms with Crippen molar-refractivity contribution in [2.75, 3.05) is 13.7 Å². The summed E-state index contributed by atoms with van der Waals surface area (Å²) in [4.78, 5) is 23.0. The van der Waals surface area contributed by atoms with E-state index in [1.165, 1.54) is 20.1 Å². The fourth-order valence-corrected chi connectivity index (χ4v) is 1.96. The predicted molar refractivity (Wildman–Crippen MR) is 84.3 cm³/mol. The third-order valence-corrected chi connectivity index (χ3v) is 3.65. The van der Waals surface area contributed by atoms with Gasteiger partial charge in [-0.2, -0.15) is 0 Å². The second-order valence-electron chi connectivity index (χ2n) is 5.25. The van der Waals surface area contributed by atoms with Crippen LogP contribution in [-0.2, 0) is 14.3 Å². The molecule has 0 heterocycles. The van der Waals surface area contributed by atoms with Gasteiger partial charge in [0, 0.05) is 18.5 Å². The number of hydrogen-bond donors (Lipinski definition) is 2. The molecule has 0 aromatic heterocycles. The summed E-state index contributed by atoms with van der Waals surface area (Å²) in [6.45, 7) is 3.65. The van der Waals surface area contributed by atoms with Gasteiger partial charge in [0.05, 0.1) is 7.11 Å². The number of amides is 1. The van der Waals surface area contributed by atoms with Crippen LogP contribution in [0.5, 0.6) is 0 Å². The van der Waals surface area contributed by atoms with Crippen LogP contribution in [0.15, 0.2) is 42.5 Å². The van der Waals surface area contributed by atoms with Crippen LogP contribution in [0.25, 0.3) is 0 Å². The van der Waals surface area contributed by atoms with Crippen molar-refractivity contribution in [3.63, 3.8) is 0 Å². The Balaban J connectivity index is 2.53. The maximum Gasteiger partial charge on any atom is 0.330 e. The summed E-state index contributed by atoms with van der Waals surface area (Å²) < 4.78 is 4.46. The summed E-state index contributed by atoms with van der Waals surface area (Å²) in [5, 5.41) is 13.2. The zero-order valence-electron chi connectivity index (χ0n) is 13.2. The Morgan fingerprint density at radius 1 is 1.36 bits per heavy atom. The molecule has 0 radical (unpaired) electrons. The number of nitrogens with one attached hydrogen (secondary N) is 1. The highest BCUT2D eigenvalue weighted by molar-refractivity contribution is 5.85. The van der Waals surface area contributed by atoms with Crippen molar-refractivity contribution in [1.29, 1.82) is 0 Å². The molecule has 1 amide bonds. The molecule has 0 aliphatic carbocycles. The number of ether oxygens (including phenoxy) is 1. The molecule has 0 aliphatic rings. The molecule has 5 nitrogen and oxygen atoms in total. The Morgan fingerprint density at radius 3 is 2.59 bits per heavy atom. The van der Waals surface area contributed by atoms with Crippen molar-refractivity contribution < 1.29 is 19.4 Å². The third kappa shape index (κ3) is 5.00. The molecule has 0 spiro atoms.